The van der Waals surface area contributed by atoms with Gasteiger partial charge in [-0.15, -0.1) is 0 Å². The Hall–Kier alpha value is -5.01. The van der Waals surface area contributed by atoms with Crippen molar-refractivity contribution < 1.29 is 33.8 Å². The smallest absolute Gasteiger partial charge is 0.407 e. The number of pyridine rings is 1. The Morgan fingerprint density at radius 2 is 1.45 bits per heavy atom. The molecule has 0 aliphatic rings. The van der Waals surface area contributed by atoms with E-state index in [-0.39, 0.29) is 24.3 Å². The third-order valence-corrected chi connectivity index (χ3v) is 7.54. The van der Waals surface area contributed by atoms with Crippen LogP contribution in [0.15, 0.2) is 79.0 Å². The van der Waals surface area contributed by atoms with E-state index in [1.165, 1.54) is 14.2 Å². The molecule has 13 heteroatoms. The molecule has 3 aromatic rings. The quantitative estimate of drug-likeness (QED) is 0.159. The highest BCUT2D eigenvalue weighted by Crippen LogP contribution is 2.22. The van der Waals surface area contributed by atoms with Gasteiger partial charge in [-0.3, -0.25) is 20.0 Å². The van der Waals surface area contributed by atoms with E-state index in [1.54, 1.807) is 11.2 Å². The lowest BCUT2D eigenvalue weighted by Gasteiger charge is -2.34. The number of ether oxygens (including phenoxy) is 2. The Bertz CT molecular complexity index is 1520. The van der Waals surface area contributed by atoms with Crippen molar-refractivity contribution in [2.75, 3.05) is 20.8 Å². The van der Waals surface area contributed by atoms with Crippen LogP contribution in [-0.2, 0) is 32.0 Å². The average Bonchev–Trinajstić information content (AvgIpc) is 3.06. The number of carbonyl (C=O) groups is 4. The van der Waals surface area contributed by atoms with Crippen molar-refractivity contribution in [1.82, 2.24) is 26.1 Å². The first kappa shape index (κ1) is 42.2. The number of hydrogen-bond donors (Lipinski definition) is 5. The first-order valence-corrected chi connectivity index (χ1v) is 16.7. The highest BCUT2D eigenvalue weighted by atomic mass is 16.5. The van der Waals surface area contributed by atoms with Crippen LogP contribution in [0.3, 0.4) is 0 Å². The van der Waals surface area contributed by atoms with Gasteiger partial charge in [0.15, 0.2) is 0 Å². The second-order valence-corrected chi connectivity index (χ2v) is 14.4. The van der Waals surface area contributed by atoms with Gasteiger partial charge in [0.25, 0.3) is 0 Å². The van der Waals surface area contributed by atoms with Crippen molar-refractivity contribution in [3.63, 3.8) is 0 Å². The van der Waals surface area contributed by atoms with Gasteiger partial charge in [-0.1, -0.05) is 102 Å². The van der Waals surface area contributed by atoms with Gasteiger partial charge in [0.05, 0.1) is 32.1 Å². The Morgan fingerprint density at radius 3 is 1.96 bits per heavy atom. The van der Waals surface area contributed by atoms with Gasteiger partial charge in [-0.25, -0.2) is 14.6 Å². The molecule has 0 aliphatic heterocycles. The lowest BCUT2D eigenvalue weighted by molar-refractivity contribution is -0.130. The zero-order chi connectivity index (χ0) is 38.2. The van der Waals surface area contributed by atoms with Gasteiger partial charge in [-0.2, -0.15) is 0 Å². The van der Waals surface area contributed by atoms with Crippen molar-refractivity contribution in [1.29, 1.82) is 0 Å². The summed E-state index contributed by atoms with van der Waals surface area (Å²) in [4.78, 5) is 52.6. The van der Waals surface area contributed by atoms with Gasteiger partial charge >= 0.3 is 12.2 Å². The molecule has 4 amide bonds. The average molecular weight is 707 g/mol. The fraction of sp³-hybridized carbons (Fsp3) is 0.447. The zero-order valence-electron chi connectivity index (χ0n) is 30.9. The van der Waals surface area contributed by atoms with Crippen LogP contribution in [-0.4, -0.2) is 78.1 Å². The molecule has 51 heavy (non-hydrogen) atoms. The van der Waals surface area contributed by atoms with E-state index < -0.39 is 41.7 Å². The molecule has 278 valence electrons. The molecule has 3 atom stereocenters. The molecule has 0 radical (unpaired) electrons. The summed E-state index contributed by atoms with van der Waals surface area (Å²) in [6.07, 6.45) is -0.204. The Balaban J connectivity index is 0.00000168. The number of aliphatic hydroxyl groups excluding tert-OH is 1. The number of nitrogens with one attached hydrogen (secondary N) is 3. The van der Waals surface area contributed by atoms with E-state index >= 15 is 0 Å². The van der Waals surface area contributed by atoms with Crippen molar-refractivity contribution in [2.45, 2.75) is 79.1 Å². The first-order chi connectivity index (χ1) is 23.9. The molecule has 6 N–H and O–H groups in total. The molecule has 0 aliphatic carbocycles. The molecule has 1 heterocycles. The standard InChI is InChI=1S/C36H49N5O5.C2H5NO2/c1-35(2,3)22-31(43)40-41(23-26-16-18-27(19-17-26)28-15-11-12-20-37-28)24-30(42)29(21-25-13-9-8-10-14-25)38-33(44)32(36(4,5)6)39-34(45)46-7;1-5-2(3)4/h8-20,29-30,32,42H,21-24H2,1-7H3,(H,38,44)(H,39,45)(H,40,43);1H3,(H2,3,4). The number of alkyl carbamates (subject to hydrolysis) is 1. The molecular formula is C38H54N6O7. The lowest BCUT2D eigenvalue weighted by atomic mass is 9.85. The van der Waals surface area contributed by atoms with E-state index in [0.29, 0.717) is 13.0 Å². The minimum absolute atomic E-state index is 0.0280. The molecule has 0 saturated carbocycles. The van der Waals surface area contributed by atoms with Gasteiger partial charge in [0.1, 0.15) is 6.04 Å². The Kier molecular flexibility index (Phi) is 16.5. The minimum atomic E-state index is -1.09. The highest BCUT2D eigenvalue weighted by molar-refractivity contribution is 5.86. The molecule has 0 fully saturated rings. The first-order valence-electron chi connectivity index (χ1n) is 16.7. The van der Waals surface area contributed by atoms with Crippen LogP contribution >= 0.6 is 0 Å². The highest BCUT2D eigenvalue weighted by Gasteiger charge is 2.36. The van der Waals surface area contributed by atoms with Crippen molar-refractivity contribution in [2.24, 2.45) is 16.6 Å². The number of nitrogens with zero attached hydrogens (tertiary/aromatic N) is 2. The molecule has 0 spiro atoms. The maximum atomic E-state index is 13.6. The molecule has 0 saturated heterocycles. The van der Waals surface area contributed by atoms with Gasteiger partial charge in [0, 0.05) is 31.3 Å². The summed E-state index contributed by atoms with van der Waals surface area (Å²) in [5.41, 5.74) is 10.2. The molecule has 1 aromatic heterocycles. The monoisotopic (exact) mass is 706 g/mol. The minimum Gasteiger partial charge on any atom is -0.453 e. The third-order valence-electron chi connectivity index (χ3n) is 7.54. The molecule has 0 bridgehead atoms. The number of methoxy groups -OCH3 is 2. The molecule has 2 aromatic carbocycles. The SMILES string of the molecule is COC(=O)NC(C(=O)NC(Cc1ccccc1)C(O)CN(Cc1ccc(-c2ccccn2)cc1)NC(=O)CC(C)(C)C)C(C)(C)C.COC(N)=O. The van der Waals surface area contributed by atoms with Gasteiger partial charge in [0.2, 0.25) is 11.8 Å². The summed E-state index contributed by atoms with van der Waals surface area (Å²) in [5.74, 6) is -0.630. The van der Waals surface area contributed by atoms with Crippen LogP contribution in [0, 0.1) is 10.8 Å². The van der Waals surface area contributed by atoms with Crippen LogP contribution in [0.4, 0.5) is 9.59 Å². The number of hydrogen-bond acceptors (Lipinski definition) is 9. The van der Waals surface area contributed by atoms with E-state index in [9.17, 15) is 24.3 Å². The van der Waals surface area contributed by atoms with Crippen LogP contribution in [0.5, 0.6) is 0 Å². The maximum absolute atomic E-state index is 13.6. The summed E-state index contributed by atoms with van der Waals surface area (Å²) >= 11 is 0. The van der Waals surface area contributed by atoms with Crippen LogP contribution in [0.1, 0.15) is 59.1 Å². The number of carbonyl (C=O) groups excluding carboxylic acids is 4. The number of nitrogens with two attached hydrogens (primary N) is 1. The second kappa shape index (κ2) is 20.0. The van der Waals surface area contributed by atoms with Crippen LogP contribution in [0.2, 0.25) is 0 Å². The lowest BCUT2D eigenvalue weighted by Crippen LogP contribution is -2.59. The maximum Gasteiger partial charge on any atom is 0.407 e. The van der Waals surface area contributed by atoms with Gasteiger partial charge in [-0.05, 0) is 40.5 Å². The Labute approximate surface area is 301 Å². The predicted molar refractivity (Wildman–Crippen MR) is 196 cm³/mol. The zero-order valence-corrected chi connectivity index (χ0v) is 30.9. The predicted octanol–water partition coefficient (Wildman–Crippen LogP) is 4.59. The number of aromatic nitrogens is 1. The number of aliphatic hydroxyl groups is 1. The van der Waals surface area contributed by atoms with E-state index in [0.717, 1.165) is 22.4 Å². The second-order valence-electron chi connectivity index (χ2n) is 14.4. The van der Waals surface area contributed by atoms with Gasteiger partial charge < -0.3 is 30.9 Å². The van der Waals surface area contributed by atoms with Crippen molar-refractivity contribution in [3.8, 4) is 11.3 Å². The van der Waals surface area contributed by atoms with Crippen LogP contribution in [0.25, 0.3) is 11.3 Å². The van der Waals surface area contributed by atoms with E-state index in [4.69, 9.17) is 4.74 Å². The summed E-state index contributed by atoms with van der Waals surface area (Å²) < 4.78 is 8.65. The number of hydrazine groups is 1. The largest absolute Gasteiger partial charge is 0.453 e. The molecule has 13 nitrogen and oxygen atoms in total. The van der Waals surface area contributed by atoms with E-state index in [1.807, 2.05) is 114 Å². The van der Waals surface area contributed by atoms with Crippen molar-refractivity contribution >= 4 is 24.0 Å². The summed E-state index contributed by atoms with van der Waals surface area (Å²) in [5, 5.41) is 19.0. The van der Waals surface area contributed by atoms with E-state index in [2.05, 4.69) is 31.5 Å². The Morgan fingerprint density at radius 1 is 0.843 bits per heavy atom. The number of primary amides is 1. The summed E-state index contributed by atoms with van der Waals surface area (Å²) in [6.45, 7) is 11.8. The van der Waals surface area contributed by atoms with Crippen molar-refractivity contribution in [3.05, 3.63) is 90.1 Å². The summed E-state index contributed by atoms with van der Waals surface area (Å²) in [6, 6.07) is 21.5. The summed E-state index contributed by atoms with van der Waals surface area (Å²) in [7, 11) is 2.46. The fourth-order valence-corrected chi connectivity index (χ4v) is 5.00. The number of amides is 4. The molecule has 3 rings (SSSR count). The normalized spacial score (nSPS) is 13.1. The number of rotatable bonds is 13. The number of benzene rings is 2. The third kappa shape index (κ3) is 16.0. The van der Waals surface area contributed by atoms with Crippen LogP contribution < -0.4 is 21.8 Å². The molecular weight excluding hydrogens is 652 g/mol. The molecule has 3 unspecified atom stereocenters. The topological polar surface area (TPSA) is 185 Å². The fourth-order valence-electron chi connectivity index (χ4n) is 5.00.